The maximum Gasteiger partial charge on any atom is 0.238 e. The predicted molar refractivity (Wildman–Crippen MR) is 86.6 cm³/mol. The molecule has 0 heterocycles. The standard InChI is InChI=1S/C15H22Cl2N2O/c1-10(2)15(3,4)9-18-8-13(20)19-14-11(16)6-5-7-12(14)17/h5-7,10,18H,8-9H2,1-4H3,(H,19,20). The topological polar surface area (TPSA) is 41.1 Å². The van der Waals surface area contributed by atoms with Gasteiger partial charge in [0.15, 0.2) is 0 Å². The SMILES string of the molecule is CC(C)C(C)(C)CNCC(=O)Nc1c(Cl)cccc1Cl. The van der Waals surface area contributed by atoms with Gasteiger partial charge in [-0.05, 0) is 23.5 Å². The summed E-state index contributed by atoms with van der Waals surface area (Å²) in [6.07, 6.45) is 0. The van der Waals surface area contributed by atoms with Crippen molar-refractivity contribution in [1.82, 2.24) is 5.32 Å². The summed E-state index contributed by atoms with van der Waals surface area (Å²) in [5.41, 5.74) is 0.605. The third kappa shape index (κ3) is 4.97. The number of carbonyl (C=O) groups excluding carboxylic acids is 1. The third-order valence-corrected chi connectivity index (χ3v) is 4.29. The Bertz CT molecular complexity index is 453. The van der Waals surface area contributed by atoms with E-state index in [1.165, 1.54) is 0 Å². The van der Waals surface area contributed by atoms with Gasteiger partial charge in [0.05, 0.1) is 22.3 Å². The number of halogens is 2. The van der Waals surface area contributed by atoms with Gasteiger partial charge >= 0.3 is 0 Å². The average Bonchev–Trinajstić information content (AvgIpc) is 2.33. The first kappa shape index (κ1) is 17.3. The number of nitrogens with one attached hydrogen (secondary N) is 2. The molecule has 0 saturated carbocycles. The molecule has 0 aliphatic rings. The van der Waals surface area contributed by atoms with Gasteiger partial charge in [0, 0.05) is 6.54 Å². The summed E-state index contributed by atoms with van der Waals surface area (Å²) in [5, 5.41) is 6.77. The molecule has 0 radical (unpaired) electrons. The summed E-state index contributed by atoms with van der Waals surface area (Å²) in [4.78, 5) is 11.9. The van der Waals surface area contributed by atoms with Crippen LogP contribution in [0.5, 0.6) is 0 Å². The molecule has 2 N–H and O–H groups in total. The van der Waals surface area contributed by atoms with E-state index in [4.69, 9.17) is 23.2 Å². The second-order valence-electron chi connectivity index (χ2n) is 5.89. The van der Waals surface area contributed by atoms with Crippen LogP contribution >= 0.6 is 23.2 Å². The van der Waals surface area contributed by atoms with Gasteiger partial charge in [-0.3, -0.25) is 4.79 Å². The second kappa shape index (κ2) is 7.30. The predicted octanol–water partition coefficient (Wildman–Crippen LogP) is 4.20. The van der Waals surface area contributed by atoms with E-state index >= 15 is 0 Å². The Hall–Kier alpha value is -0.770. The van der Waals surface area contributed by atoms with Crippen molar-refractivity contribution in [2.24, 2.45) is 11.3 Å². The van der Waals surface area contributed by atoms with Gasteiger partial charge in [0.1, 0.15) is 0 Å². The third-order valence-electron chi connectivity index (χ3n) is 3.66. The Kier molecular flexibility index (Phi) is 6.31. The molecule has 0 aliphatic carbocycles. The van der Waals surface area contributed by atoms with Gasteiger partial charge in [-0.1, -0.05) is 57.0 Å². The number of rotatable bonds is 6. The van der Waals surface area contributed by atoms with E-state index in [1.807, 2.05) is 0 Å². The lowest BCUT2D eigenvalue weighted by atomic mass is 9.81. The molecule has 3 nitrogen and oxygen atoms in total. The van der Waals surface area contributed by atoms with Gasteiger partial charge < -0.3 is 10.6 Å². The molecule has 0 atom stereocenters. The van der Waals surface area contributed by atoms with Gasteiger partial charge in [0.2, 0.25) is 5.91 Å². The van der Waals surface area contributed by atoms with Gasteiger partial charge in [-0.25, -0.2) is 0 Å². The summed E-state index contributed by atoms with van der Waals surface area (Å²) in [6.45, 7) is 9.70. The van der Waals surface area contributed by atoms with E-state index in [0.29, 0.717) is 21.7 Å². The fourth-order valence-corrected chi connectivity index (χ4v) is 2.00. The molecule has 1 aromatic rings. The highest BCUT2D eigenvalue weighted by atomic mass is 35.5. The van der Waals surface area contributed by atoms with Crippen LogP contribution in [0.2, 0.25) is 10.0 Å². The highest BCUT2D eigenvalue weighted by Gasteiger charge is 2.22. The minimum atomic E-state index is -0.153. The smallest absolute Gasteiger partial charge is 0.238 e. The molecular weight excluding hydrogens is 295 g/mol. The van der Waals surface area contributed by atoms with Crippen molar-refractivity contribution in [1.29, 1.82) is 0 Å². The van der Waals surface area contributed by atoms with Crippen molar-refractivity contribution >= 4 is 34.8 Å². The van der Waals surface area contributed by atoms with E-state index in [2.05, 4.69) is 38.3 Å². The van der Waals surface area contributed by atoms with Crippen LogP contribution in [-0.2, 0) is 4.79 Å². The van der Waals surface area contributed by atoms with Gasteiger partial charge in [-0.15, -0.1) is 0 Å². The Morgan fingerprint density at radius 3 is 2.30 bits per heavy atom. The quantitative estimate of drug-likeness (QED) is 0.825. The summed E-state index contributed by atoms with van der Waals surface area (Å²) in [5.74, 6) is 0.385. The summed E-state index contributed by atoms with van der Waals surface area (Å²) in [6, 6.07) is 5.13. The van der Waals surface area contributed by atoms with E-state index in [9.17, 15) is 4.79 Å². The molecule has 0 spiro atoms. The van der Waals surface area contributed by atoms with Gasteiger partial charge in [0.25, 0.3) is 0 Å². The molecule has 0 fully saturated rings. The zero-order valence-electron chi connectivity index (χ0n) is 12.4. The molecule has 5 heteroatoms. The maximum atomic E-state index is 11.9. The minimum Gasteiger partial charge on any atom is -0.322 e. The number of anilines is 1. The van der Waals surface area contributed by atoms with Crippen LogP contribution in [0.4, 0.5) is 5.69 Å². The molecule has 1 amide bonds. The second-order valence-corrected chi connectivity index (χ2v) is 6.71. The van der Waals surface area contributed by atoms with E-state index in [1.54, 1.807) is 18.2 Å². The van der Waals surface area contributed by atoms with Crippen molar-refractivity contribution in [3.05, 3.63) is 28.2 Å². The number of amides is 1. The summed E-state index contributed by atoms with van der Waals surface area (Å²) < 4.78 is 0. The number of hydrogen-bond donors (Lipinski definition) is 2. The first-order valence-electron chi connectivity index (χ1n) is 6.68. The molecule has 0 aromatic heterocycles. The highest BCUT2D eigenvalue weighted by Crippen LogP contribution is 2.29. The maximum absolute atomic E-state index is 11.9. The minimum absolute atomic E-state index is 0.141. The summed E-state index contributed by atoms with van der Waals surface area (Å²) >= 11 is 12.0. The lowest BCUT2D eigenvalue weighted by Crippen LogP contribution is -2.37. The van der Waals surface area contributed by atoms with Crippen molar-refractivity contribution < 1.29 is 4.79 Å². The molecule has 0 aliphatic heterocycles. The first-order valence-corrected chi connectivity index (χ1v) is 7.44. The molecule has 0 bridgehead atoms. The normalized spacial score (nSPS) is 11.8. The first-order chi connectivity index (χ1) is 9.24. The van der Waals surface area contributed by atoms with Crippen molar-refractivity contribution in [2.45, 2.75) is 27.7 Å². The van der Waals surface area contributed by atoms with Crippen LogP contribution in [0, 0.1) is 11.3 Å². The zero-order chi connectivity index (χ0) is 15.3. The number of carbonyl (C=O) groups is 1. The van der Waals surface area contributed by atoms with Crippen LogP contribution in [0.3, 0.4) is 0 Å². The fourth-order valence-electron chi connectivity index (χ4n) is 1.50. The van der Waals surface area contributed by atoms with Gasteiger partial charge in [-0.2, -0.15) is 0 Å². The van der Waals surface area contributed by atoms with E-state index in [-0.39, 0.29) is 17.9 Å². The summed E-state index contributed by atoms with van der Waals surface area (Å²) in [7, 11) is 0. The van der Waals surface area contributed by atoms with Crippen LogP contribution < -0.4 is 10.6 Å². The van der Waals surface area contributed by atoms with Crippen molar-refractivity contribution in [3.63, 3.8) is 0 Å². The van der Waals surface area contributed by atoms with Crippen LogP contribution in [0.15, 0.2) is 18.2 Å². The van der Waals surface area contributed by atoms with Crippen molar-refractivity contribution in [3.8, 4) is 0 Å². The monoisotopic (exact) mass is 316 g/mol. The van der Waals surface area contributed by atoms with Crippen molar-refractivity contribution in [2.75, 3.05) is 18.4 Å². The zero-order valence-corrected chi connectivity index (χ0v) is 13.9. The molecule has 112 valence electrons. The molecule has 0 unspecified atom stereocenters. The van der Waals surface area contributed by atoms with E-state index < -0.39 is 0 Å². The molecular formula is C15H22Cl2N2O. The largest absolute Gasteiger partial charge is 0.322 e. The number of para-hydroxylation sites is 1. The lowest BCUT2D eigenvalue weighted by Gasteiger charge is -2.29. The Labute approximate surface area is 131 Å². The highest BCUT2D eigenvalue weighted by molar-refractivity contribution is 6.39. The Balaban J connectivity index is 2.49. The Morgan fingerprint density at radius 2 is 1.80 bits per heavy atom. The molecule has 1 aromatic carbocycles. The fraction of sp³-hybridized carbons (Fsp3) is 0.533. The van der Waals surface area contributed by atoms with Crippen LogP contribution in [-0.4, -0.2) is 19.0 Å². The molecule has 0 saturated heterocycles. The number of benzene rings is 1. The van der Waals surface area contributed by atoms with Crippen LogP contribution in [0.25, 0.3) is 0 Å². The number of hydrogen-bond acceptors (Lipinski definition) is 2. The van der Waals surface area contributed by atoms with Crippen LogP contribution in [0.1, 0.15) is 27.7 Å². The average molecular weight is 317 g/mol. The van der Waals surface area contributed by atoms with E-state index in [0.717, 1.165) is 6.54 Å². The Morgan fingerprint density at radius 1 is 1.25 bits per heavy atom. The molecule has 20 heavy (non-hydrogen) atoms. The molecule has 1 rings (SSSR count). The lowest BCUT2D eigenvalue weighted by molar-refractivity contribution is -0.115.